The number of benzene rings is 1. The topological polar surface area (TPSA) is 124 Å². The summed E-state index contributed by atoms with van der Waals surface area (Å²) in [5.74, 6) is -2.47. The first kappa shape index (κ1) is 14.2. The van der Waals surface area contributed by atoms with E-state index in [4.69, 9.17) is 5.11 Å². The summed E-state index contributed by atoms with van der Waals surface area (Å²) < 4.78 is 2.13. The molecule has 1 atom stereocenters. The van der Waals surface area contributed by atoms with Crippen molar-refractivity contribution in [1.82, 2.24) is 9.88 Å². The largest absolute Gasteiger partial charge is 0.476 e. The quantitative estimate of drug-likeness (QED) is 0.668. The number of carbonyl (C=O) groups excluding carboxylic acids is 1. The first-order valence-corrected chi connectivity index (χ1v) is 6.90. The highest BCUT2D eigenvalue weighted by molar-refractivity contribution is 7.16. The highest BCUT2D eigenvalue weighted by Crippen LogP contribution is 2.25. The molecule has 1 aliphatic heterocycles. The molecule has 0 fully saturated rings. The number of rotatable bonds is 2. The molecule has 3 N–H and O–H groups in total. The molecule has 1 aliphatic rings. The maximum Gasteiger partial charge on any atom is 0.362 e. The van der Waals surface area contributed by atoms with E-state index in [9.17, 15) is 19.5 Å². The Morgan fingerprint density at radius 2 is 2.14 bits per heavy atom. The zero-order valence-electron chi connectivity index (χ0n) is 11.2. The van der Waals surface area contributed by atoms with E-state index < -0.39 is 23.9 Å². The number of aryl methyl sites for hydroxylation is 1. The summed E-state index contributed by atoms with van der Waals surface area (Å²) in [7, 11) is 1.64. The molecule has 0 saturated carbocycles. The second-order valence-electron chi connectivity index (χ2n) is 4.52. The lowest BCUT2D eigenvalue weighted by Gasteiger charge is -2.29. The number of aromatic nitrogens is 1. The fraction of sp³-hybridized carbons (Fsp3) is 0.167. The van der Waals surface area contributed by atoms with Gasteiger partial charge < -0.3 is 20.1 Å². The Bertz CT molecular complexity index is 883. The molecule has 22 heavy (non-hydrogen) atoms. The van der Waals surface area contributed by atoms with Crippen LogP contribution in [0.25, 0.3) is 10.2 Å². The molecule has 3 rings (SSSR count). The van der Waals surface area contributed by atoms with Gasteiger partial charge in [-0.15, -0.1) is 0 Å². The van der Waals surface area contributed by atoms with Crippen LogP contribution in [-0.4, -0.2) is 38.7 Å². The number of carboxylic acids is 1. The van der Waals surface area contributed by atoms with E-state index >= 15 is 0 Å². The zero-order valence-corrected chi connectivity index (χ0v) is 12.0. The molecule has 0 bridgehead atoms. The van der Waals surface area contributed by atoms with Gasteiger partial charge in [-0.05, 0) is 18.2 Å². The predicted molar refractivity (Wildman–Crippen MR) is 78.8 cm³/mol. The Morgan fingerprint density at radius 1 is 1.41 bits per heavy atom. The molecule has 9 nitrogen and oxygen atoms in total. The Kier molecular flexibility index (Phi) is 3.19. The maximum atomic E-state index is 11.6. The van der Waals surface area contributed by atoms with Crippen LogP contribution in [0.4, 0.5) is 5.69 Å². The number of nitrogens with one attached hydrogen (secondary N) is 1. The lowest BCUT2D eigenvalue weighted by molar-refractivity contribution is -0.131. The van der Waals surface area contributed by atoms with Crippen molar-refractivity contribution in [1.29, 1.82) is 0 Å². The first-order valence-electron chi connectivity index (χ1n) is 6.08. The Morgan fingerprint density at radius 3 is 2.82 bits per heavy atom. The summed E-state index contributed by atoms with van der Waals surface area (Å²) in [4.78, 5) is 33.9. The van der Waals surface area contributed by atoms with Gasteiger partial charge in [0.25, 0.3) is 5.91 Å². The fourth-order valence-electron chi connectivity index (χ4n) is 2.06. The Labute approximate surface area is 126 Å². The van der Waals surface area contributed by atoms with Gasteiger partial charge in [-0.2, -0.15) is 5.10 Å². The lowest BCUT2D eigenvalue weighted by Crippen LogP contribution is -2.55. The van der Waals surface area contributed by atoms with E-state index in [-0.39, 0.29) is 4.87 Å². The number of hydrogen-bond donors (Lipinski definition) is 3. The summed E-state index contributed by atoms with van der Waals surface area (Å²) in [6.45, 7) is 0. The third-order valence-electron chi connectivity index (χ3n) is 3.16. The van der Waals surface area contributed by atoms with Crippen molar-refractivity contribution in [3.05, 3.63) is 27.9 Å². The van der Waals surface area contributed by atoms with Crippen LogP contribution in [0.2, 0.25) is 0 Å². The molecule has 2 heterocycles. The van der Waals surface area contributed by atoms with Crippen LogP contribution in [0.15, 0.2) is 28.1 Å². The second-order valence-corrected chi connectivity index (χ2v) is 5.52. The molecule has 1 aromatic carbocycles. The number of aliphatic carboxylic acids is 1. The SMILES string of the molecule is Cn1c(=O)sc2cc(N3N=C(C(=O)O)C(=O)NC3O)ccc21. The number of nitrogens with zero attached hydrogens (tertiary/aromatic N) is 3. The van der Waals surface area contributed by atoms with Crippen LogP contribution in [0, 0.1) is 0 Å². The van der Waals surface area contributed by atoms with Crippen LogP contribution in [0.3, 0.4) is 0 Å². The summed E-state index contributed by atoms with van der Waals surface area (Å²) in [5.41, 5.74) is 0.323. The zero-order chi connectivity index (χ0) is 16.0. The number of aliphatic hydroxyl groups is 1. The van der Waals surface area contributed by atoms with E-state index in [1.54, 1.807) is 25.2 Å². The van der Waals surface area contributed by atoms with E-state index in [0.29, 0.717) is 15.9 Å². The van der Waals surface area contributed by atoms with Gasteiger partial charge in [0.15, 0.2) is 0 Å². The molecule has 1 amide bonds. The van der Waals surface area contributed by atoms with Gasteiger partial charge in [-0.3, -0.25) is 9.59 Å². The molecule has 0 aliphatic carbocycles. The van der Waals surface area contributed by atoms with Crippen molar-refractivity contribution in [2.24, 2.45) is 12.1 Å². The lowest BCUT2D eigenvalue weighted by atomic mass is 10.2. The number of thiazole rings is 1. The van der Waals surface area contributed by atoms with E-state index in [1.807, 2.05) is 0 Å². The number of carboxylic acid groups (broad SMARTS) is 1. The minimum Gasteiger partial charge on any atom is -0.476 e. The van der Waals surface area contributed by atoms with Crippen molar-refractivity contribution < 1.29 is 19.8 Å². The van der Waals surface area contributed by atoms with E-state index in [1.165, 1.54) is 4.57 Å². The number of hydrazone groups is 1. The van der Waals surface area contributed by atoms with Gasteiger partial charge in [0.05, 0.1) is 15.9 Å². The number of fused-ring (bicyclic) bond motifs is 1. The molecule has 1 aromatic heterocycles. The molecule has 0 radical (unpaired) electrons. The fourth-order valence-corrected chi connectivity index (χ4v) is 2.97. The standard InChI is InChI=1S/C12H10N4O5S/c1-15-6-3-2-5(4-7(6)22-12(15)21)16-11(20)13-9(17)8(14-16)10(18)19/h2-4,11,20H,1H3,(H,13,17)(H,18,19). The smallest absolute Gasteiger partial charge is 0.362 e. The molecule has 10 heteroatoms. The monoisotopic (exact) mass is 322 g/mol. The Balaban J connectivity index is 2.11. The summed E-state index contributed by atoms with van der Waals surface area (Å²) in [5, 5.41) is 25.5. The number of hydrogen-bond acceptors (Lipinski definition) is 7. The van der Waals surface area contributed by atoms with Gasteiger partial charge in [0.1, 0.15) is 0 Å². The predicted octanol–water partition coefficient (Wildman–Crippen LogP) is -0.747. The van der Waals surface area contributed by atoms with Crippen molar-refractivity contribution in [3.8, 4) is 0 Å². The summed E-state index contributed by atoms with van der Waals surface area (Å²) in [6, 6.07) is 4.81. The molecular weight excluding hydrogens is 312 g/mol. The van der Waals surface area contributed by atoms with Gasteiger partial charge in [0, 0.05) is 7.05 Å². The third kappa shape index (κ3) is 2.14. The summed E-state index contributed by atoms with van der Waals surface area (Å²) in [6.07, 6.45) is -1.49. The Hall–Kier alpha value is -2.72. The van der Waals surface area contributed by atoms with Gasteiger partial charge >= 0.3 is 10.8 Å². The second kappa shape index (κ2) is 4.93. The minimum atomic E-state index is -1.50. The highest BCUT2D eigenvalue weighted by Gasteiger charge is 2.32. The number of anilines is 1. The molecule has 0 spiro atoms. The number of amides is 1. The van der Waals surface area contributed by atoms with Crippen molar-refractivity contribution in [2.75, 3.05) is 5.01 Å². The molecule has 1 unspecified atom stereocenters. The normalized spacial score (nSPS) is 18.3. The van der Waals surface area contributed by atoms with Crippen LogP contribution < -0.4 is 15.2 Å². The van der Waals surface area contributed by atoms with Gasteiger partial charge in [-0.25, -0.2) is 9.80 Å². The van der Waals surface area contributed by atoms with Crippen molar-refractivity contribution in [3.63, 3.8) is 0 Å². The van der Waals surface area contributed by atoms with Crippen LogP contribution >= 0.6 is 11.3 Å². The number of carbonyl (C=O) groups is 2. The van der Waals surface area contributed by atoms with Gasteiger partial charge in [-0.1, -0.05) is 11.3 Å². The van der Waals surface area contributed by atoms with Crippen LogP contribution in [-0.2, 0) is 16.6 Å². The van der Waals surface area contributed by atoms with Crippen molar-refractivity contribution >= 4 is 44.8 Å². The van der Waals surface area contributed by atoms with E-state index in [0.717, 1.165) is 16.3 Å². The molecule has 114 valence electrons. The molecular formula is C12H10N4O5S. The van der Waals surface area contributed by atoms with E-state index in [2.05, 4.69) is 10.4 Å². The average Bonchev–Trinajstić information content (AvgIpc) is 2.73. The van der Waals surface area contributed by atoms with Crippen molar-refractivity contribution in [2.45, 2.75) is 6.35 Å². The highest BCUT2D eigenvalue weighted by atomic mass is 32.1. The minimum absolute atomic E-state index is 0.144. The molecule has 2 aromatic rings. The average molecular weight is 322 g/mol. The maximum absolute atomic E-state index is 11.6. The first-order chi connectivity index (χ1) is 10.4. The van der Waals surface area contributed by atoms with Crippen LogP contribution in [0.5, 0.6) is 0 Å². The van der Waals surface area contributed by atoms with Gasteiger partial charge in [0.2, 0.25) is 12.1 Å². The third-order valence-corrected chi connectivity index (χ3v) is 4.15. The summed E-state index contributed by atoms with van der Waals surface area (Å²) >= 11 is 1.01. The number of aliphatic hydroxyl groups excluding tert-OH is 1. The van der Waals surface area contributed by atoms with Crippen LogP contribution in [0.1, 0.15) is 0 Å². The molecule has 0 saturated heterocycles.